The van der Waals surface area contributed by atoms with Gasteiger partial charge >= 0.3 is 0 Å². The van der Waals surface area contributed by atoms with Crippen LogP contribution in [0.1, 0.15) is 104 Å². The second-order valence-corrected chi connectivity index (χ2v) is 11.3. The smallest absolute Gasteiger partial charge is 0.267 e. The summed E-state index contributed by atoms with van der Waals surface area (Å²) in [6.45, 7) is 6.32. The first kappa shape index (κ1) is 28.5. The van der Waals surface area contributed by atoms with Crippen molar-refractivity contribution in [1.29, 1.82) is 0 Å². The van der Waals surface area contributed by atoms with Gasteiger partial charge in [0.15, 0.2) is 0 Å². The van der Waals surface area contributed by atoms with Crippen LogP contribution in [-0.2, 0) is 23.2 Å². The Hall–Kier alpha value is -0.550. The molecule has 0 radical (unpaired) electrons. The average molecular weight is 460 g/mol. The van der Waals surface area contributed by atoms with Gasteiger partial charge in [-0.05, 0) is 43.4 Å². The third-order valence-corrected chi connectivity index (χ3v) is 7.19. The van der Waals surface area contributed by atoms with Crippen LogP contribution in [0.4, 0.5) is 0 Å². The van der Waals surface area contributed by atoms with Crippen LogP contribution in [0.15, 0.2) is 0 Å². The molecule has 0 aliphatic heterocycles. The second kappa shape index (κ2) is 15.3. The number of Topliss-reactive ketones (excluding diaryl/α,β-unsaturated/α-hetero) is 2. The Balaban J connectivity index is 2.10. The predicted octanol–water partition coefficient (Wildman–Crippen LogP) is 5.87. The van der Waals surface area contributed by atoms with Gasteiger partial charge in [0.1, 0.15) is 11.6 Å². The minimum Gasteiger partial charge on any atom is -0.756 e. The lowest BCUT2D eigenvalue weighted by molar-refractivity contribution is -0.224. The number of carbonyl (C=O) groups is 2. The van der Waals surface area contributed by atoms with Crippen LogP contribution in [0.25, 0.3) is 0 Å². The molecular weight excluding hydrogens is 415 g/mol. The molecule has 4 atom stereocenters. The normalized spacial score (nSPS) is 23.2. The summed E-state index contributed by atoms with van der Waals surface area (Å²) in [5.41, 5.74) is 0. The summed E-state index contributed by atoms with van der Waals surface area (Å²) in [4.78, 5) is 35.8. The quantitative estimate of drug-likeness (QED) is 0.188. The van der Waals surface area contributed by atoms with Gasteiger partial charge in [0, 0.05) is 32.3 Å². The van der Waals surface area contributed by atoms with Crippen molar-refractivity contribution in [3.63, 3.8) is 0 Å². The third kappa shape index (κ3) is 12.9. The van der Waals surface area contributed by atoms with Crippen LogP contribution in [0.2, 0.25) is 0 Å². The number of unbranched alkanes of at least 4 members (excludes halogenated alkanes) is 7. The van der Waals surface area contributed by atoms with E-state index in [0.29, 0.717) is 30.5 Å². The van der Waals surface area contributed by atoms with E-state index in [1.807, 2.05) is 0 Å². The molecule has 0 amide bonds. The van der Waals surface area contributed by atoms with Gasteiger partial charge in [-0.3, -0.25) is 14.2 Å². The summed E-state index contributed by atoms with van der Waals surface area (Å²) in [5.74, 6) is 1.39. The molecule has 0 bridgehead atoms. The Labute approximate surface area is 189 Å². The van der Waals surface area contributed by atoms with Gasteiger partial charge < -0.3 is 13.9 Å². The number of rotatable bonds is 18. The zero-order valence-corrected chi connectivity index (χ0v) is 21.0. The molecule has 1 fully saturated rings. The van der Waals surface area contributed by atoms with Crippen LogP contribution in [0, 0.1) is 23.7 Å². The number of phosphoric acid groups is 1. The van der Waals surface area contributed by atoms with Gasteiger partial charge in [0.25, 0.3) is 7.82 Å². The predicted molar refractivity (Wildman–Crippen MR) is 122 cm³/mol. The van der Waals surface area contributed by atoms with E-state index in [0.717, 1.165) is 58.5 Å². The number of phosphoric ester groups is 1. The molecule has 2 unspecified atom stereocenters. The SMILES string of the molecule is COP(=O)([O-])OC[C@@H]1C[C@@H](C)CC1C(=O)CCCCCCCCCCC(=O)CC(C)C. The van der Waals surface area contributed by atoms with Crippen LogP contribution in [0.3, 0.4) is 0 Å². The van der Waals surface area contributed by atoms with E-state index < -0.39 is 7.82 Å². The van der Waals surface area contributed by atoms with E-state index in [4.69, 9.17) is 4.52 Å². The summed E-state index contributed by atoms with van der Waals surface area (Å²) in [7, 11) is -3.15. The first-order chi connectivity index (χ1) is 14.6. The van der Waals surface area contributed by atoms with Crippen molar-refractivity contribution in [2.24, 2.45) is 23.7 Å². The van der Waals surface area contributed by atoms with Crippen LogP contribution in [-0.4, -0.2) is 25.3 Å². The van der Waals surface area contributed by atoms with E-state index in [1.54, 1.807) is 0 Å². The maximum atomic E-state index is 12.7. The van der Waals surface area contributed by atoms with Crippen LogP contribution >= 0.6 is 7.82 Å². The minimum atomic E-state index is -4.24. The molecule has 0 saturated heterocycles. The first-order valence-electron chi connectivity index (χ1n) is 12.2. The van der Waals surface area contributed by atoms with Gasteiger partial charge in [0.2, 0.25) is 0 Å². The van der Waals surface area contributed by atoms with Crippen LogP contribution in [0.5, 0.6) is 0 Å². The summed E-state index contributed by atoms with van der Waals surface area (Å²) >= 11 is 0. The van der Waals surface area contributed by atoms with Crippen LogP contribution < -0.4 is 4.89 Å². The highest BCUT2D eigenvalue weighted by molar-refractivity contribution is 7.45. The number of ketones is 2. The highest BCUT2D eigenvalue weighted by Crippen LogP contribution is 2.43. The Morgan fingerprint density at radius 3 is 2.06 bits per heavy atom. The molecule has 1 rings (SSSR count). The number of hydrogen-bond donors (Lipinski definition) is 0. The maximum absolute atomic E-state index is 12.7. The molecule has 0 heterocycles. The number of carbonyl (C=O) groups excluding carboxylic acids is 2. The zero-order chi connectivity index (χ0) is 23.3. The lowest BCUT2D eigenvalue weighted by Crippen LogP contribution is -2.23. The molecule has 0 aromatic carbocycles. The van der Waals surface area contributed by atoms with Gasteiger partial charge in [-0.1, -0.05) is 59.3 Å². The minimum absolute atomic E-state index is 0.0349. The summed E-state index contributed by atoms with van der Waals surface area (Å²) in [5, 5.41) is 0. The molecule has 1 aliphatic rings. The average Bonchev–Trinajstić information content (AvgIpc) is 3.08. The maximum Gasteiger partial charge on any atom is 0.267 e. The van der Waals surface area contributed by atoms with E-state index in [-0.39, 0.29) is 24.2 Å². The third-order valence-electron chi connectivity index (χ3n) is 6.28. The fourth-order valence-electron chi connectivity index (χ4n) is 4.65. The topological polar surface area (TPSA) is 92.7 Å². The molecule has 0 aromatic rings. The van der Waals surface area contributed by atoms with Gasteiger partial charge in [-0.2, -0.15) is 0 Å². The van der Waals surface area contributed by atoms with Crippen molar-refractivity contribution in [2.75, 3.05) is 13.7 Å². The molecule has 7 heteroatoms. The number of hydrogen-bond acceptors (Lipinski definition) is 6. The van der Waals surface area contributed by atoms with Gasteiger partial charge in [0.05, 0.1) is 6.61 Å². The Bertz CT molecular complexity index is 576. The van der Waals surface area contributed by atoms with Crippen molar-refractivity contribution < 1.29 is 28.1 Å². The standard InChI is InChI=1S/C24H45O6P/c1-19(2)15-22(25)13-11-9-7-5-6-8-10-12-14-24(26)23-17-20(3)16-21(23)18-30-31(27,28)29-4/h19-21,23H,5-18H2,1-4H3,(H,27,28)/p-1/t20-,21+,23?/m1/s1. The fourth-order valence-corrected chi connectivity index (χ4v) is 5.13. The molecule has 0 aromatic heterocycles. The van der Waals surface area contributed by atoms with Crippen molar-refractivity contribution in [3.05, 3.63) is 0 Å². The monoisotopic (exact) mass is 459 g/mol. The molecule has 0 N–H and O–H groups in total. The van der Waals surface area contributed by atoms with Gasteiger partial charge in [-0.25, -0.2) is 0 Å². The fraction of sp³-hybridized carbons (Fsp3) is 0.917. The van der Waals surface area contributed by atoms with Crippen molar-refractivity contribution >= 4 is 19.4 Å². The molecule has 31 heavy (non-hydrogen) atoms. The Morgan fingerprint density at radius 2 is 1.52 bits per heavy atom. The van der Waals surface area contributed by atoms with Crippen molar-refractivity contribution in [1.82, 2.24) is 0 Å². The molecule has 182 valence electrons. The molecule has 1 aliphatic carbocycles. The molecule has 1 saturated carbocycles. The summed E-state index contributed by atoms with van der Waals surface area (Å²) in [6.07, 6.45) is 12.4. The highest BCUT2D eigenvalue weighted by Gasteiger charge is 2.36. The second-order valence-electron chi connectivity index (χ2n) is 9.80. The Kier molecular flexibility index (Phi) is 14.1. The molecule has 6 nitrogen and oxygen atoms in total. The van der Waals surface area contributed by atoms with Crippen molar-refractivity contribution in [3.8, 4) is 0 Å². The van der Waals surface area contributed by atoms with E-state index in [2.05, 4.69) is 25.3 Å². The zero-order valence-electron chi connectivity index (χ0n) is 20.1. The van der Waals surface area contributed by atoms with E-state index in [1.165, 1.54) is 19.3 Å². The summed E-state index contributed by atoms with van der Waals surface area (Å²) in [6, 6.07) is 0. The lowest BCUT2D eigenvalue weighted by atomic mass is 9.90. The van der Waals surface area contributed by atoms with Crippen molar-refractivity contribution in [2.45, 2.75) is 104 Å². The molecular formula is C24H44O6P-. The first-order valence-corrected chi connectivity index (χ1v) is 13.7. The summed E-state index contributed by atoms with van der Waals surface area (Å²) < 4.78 is 20.7. The van der Waals surface area contributed by atoms with E-state index >= 15 is 0 Å². The highest BCUT2D eigenvalue weighted by atomic mass is 31.2. The van der Waals surface area contributed by atoms with E-state index in [9.17, 15) is 19.0 Å². The van der Waals surface area contributed by atoms with Gasteiger partial charge in [-0.15, -0.1) is 0 Å². The molecule has 0 spiro atoms. The lowest BCUT2D eigenvalue weighted by Gasteiger charge is -2.24. The largest absolute Gasteiger partial charge is 0.756 e. The Morgan fingerprint density at radius 1 is 0.968 bits per heavy atom.